The maximum absolute atomic E-state index is 10.5. The molecule has 0 radical (unpaired) electrons. The number of nitrogens with zero attached hydrogens (tertiary/aromatic N) is 1. The van der Waals surface area contributed by atoms with Gasteiger partial charge in [-0.05, 0) is 0 Å². The number of carbonyl (C=O) groups is 4. The van der Waals surface area contributed by atoms with E-state index in [1.807, 2.05) is 0 Å². The molecule has 0 spiro atoms. The Hall–Kier alpha value is -0.200. The van der Waals surface area contributed by atoms with Crippen molar-refractivity contribution in [3.63, 3.8) is 0 Å². The molecule has 0 fully saturated rings. The van der Waals surface area contributed by atoms with Crippen LogP contribution in [0.4, 0.5) is 0 Å². The van der Waals surface area contributed by atoms with Crippen LogP contribution in [0, 0.1) is 0 Å². The molecular formula is C8H16N2Na2O8. The second-order valence-corrected chi connectivity index (χ2v) is 3.53. The van der Waals surface area contributed by atoms with Crippen molar-refractivity contribution in [3.8, 4) is 0 Å². The van der Waals surface area contributed by atoms with Crippen LogP contribution in [0.2, 0.25) is 0 Å². The molecule has 108 valence electrons. The van der Waals surface area contributed by atoms with Crippen molar-refractivity contribution in [2.75, 3.05) is 26.2 Å². The first kappa shape index (κ1) is 28.0. The van der Waals surface area contributed by atoms with Crippen LogP contribution >= 0.6 is 0 Å². The first-order chi connectivity index (χ1) is 7.67. The van der Waals surface area contributed by atoms with Crippen molar-refractivity contribution in [2.24, 2.45) is 0 Å². The molecule has 0 aliphatic rings. The normalized spacial score (nSPS) is 9.20. The SMILES string of the molecule is N.O=C([O-])C[N+](CC(=O)O)(CC(=O)O)CC(=O)O.[H-].[H-].[Na+].[Na+]. The summed E-state index contributed by atoms with van der Waals surface area (Å²) in [6.07, 6.45) is 0. The van der Waals surface area contributed by atoms with Crippen molar-refractivity contribution in [1.82, 2.24) is 6.15 Å². The molecule has 0 amide bonds. The predicted molar refractivity (Wildman–Crippen MR) is 54.9 cm³/mol. The number of hydrogen-bond donors (Lipinski definition) is 4. The van der Waals surface area contributed by atoms with E-state index in [1.165, 1.54) is 0 Å². The molecule has 0 heterocycles. The summed E-state index contributed by atoms with van der Waals surface area (Å²) in [4.78, 5) is 42.1. The van der Waals surface area contributed by atoms with Crippen LogP contribution in [0.1, 0.15) is 2.85 Å². The molecule has 0 aromatic heterocycles. The molecule has 10 nitrogen and oxygen atoms in total. The number of carboxylic acid groups (broad SMARTS) is 4. The van der Waals surface area contributed by atoms with Crippen molar-refractivity contribution < 1.29 is 106 Å². The Labute approximate surface area is 161 Å². The number of carboxylic acids is 4. The second-order valence-electron chi connectivity index (χ2n) is 3.53. The van der Waals surface area contributed by atoms with Gasteiger partial charge in [-0.2, -0.15) is 0 Å². The third-order valence-electron chi connectivity index (χ3n) is 1.88. The molecule has 12 heteroatoms. The Balaban J connectivity index is -0.000000128. The van der Waals surface area contributed by atoms with Gasteiger partial charge in [-0.25, -0.2) is 14.4 Å². The molecule has 0 aromatic carbocycles. The monoisotopic (exact) mass is 314 g/mol. The topological polar surface area (TPSA) is 187 Å². The van der Waals surface area contributed by atoms with Crippen LogP contribution in [0.25, 0.3) is 0 Å². The fourth-order valence-electron chi connectivity index (χ4n) is 1.47. The van der Waals surface area contributed by atoms with Gasteiger partial charge in [-0.15, -0.1) is 0 Å². The molecular weight excluding hydrogens is 298 g/mol. The van der Waals surface area contributed by atoms with E-state index in [4.69, 9.17) is 15.3 Å². The molecule has 20 heavy (non-hydrogen) atoms. The third kappa shape index (κ3) is 12.8. The maximum Gasteiger partial charge on any atom is 1.00 e. The number of rotatable bonds is 8. The summed E-state index contributed by atoms with van der Waals surface area (Å²) in [6.45, 7) is -3.77. The van der Waals surface area contributed by atoms with Crippen LogP contribution in [-0.4, -0.2) is 69.9 Å². The summed E-state index contributed by atoms with van der Waals surface area (Å²) < 4.78 is -1.14. The fraction of sp³-hybridized carbons (Fsp3) is 0.500. The van der Waals surface area contributed by atoms with Crippen molar-refractivity contribution in [1.29, 1.82) is 0 Å². The van der Waals surface area contributed by atoms with E-state index in [2.05, 4.69) is 0 Å². The zero-order valence-electron chi connectivity index (χ0n) is 13.4. The smallest absolute Gasteiger partial charge is 1.00 e. The summed E-state index contributed by atoms with van der Waals surface area (Å²) in [5.41, 5.74) is 0. The predicted octanol–water partition coefficient (Wildman–Crippen LogP) is -8.80. The molecule has 0 bridgehead atoms. The van der Waals surface area contributed by atoms with Gasteiger partial charge in [-0.3, -0.25) is 4.48 Å². The third-order valence-corrected chi connectivity index (χ3v) is 1.88. The largest absolute Gasteiger partial charge is 1.00 e. The van der Waals surface area contributed by atoms with Gasteiger partial charge in [0.15, 0.2) is 19.6 Å². The molecule has 0 aliphatic carbocycles. The second kappa shape index (κ2) is 12.5. The van der Waals surface area contributed by atoms with Crippen LogP contribution in [0.3, 0.4) is 0 Å². The Morgan fingerprint density at radius 3 is 1.20 bits per heavy atom. The van der Waals surface area contributed by atoms with Crippen LogP contribution in [0.15, 0.2) is 0 Å². The minimum absolute atomic E-state index is 0. The fourth-order valence-corrected chi connectivity index (χ4v) is 1.47. The zero-order chi connectivity index (χ0) is 13.6. The number of quaternary nitrogens is 1. The summed E-state index contributed by atoms with van der Waals surface area (Å²) in [5, 5.41) is 36.2. The Bertz CT molecular complexity index is 303. The standard InChI is InChI=1S/C8H11NO8.H3N.2Na.2H/c10-5(11)1-9(2-6(12)13,3-7(14)15)4-8(16)17;;;;;/h1-4H2,(H3-,10,11,12,13,14,15,16,17);1H3;;;;/q;;2*+1;2*-1. The van der Waals surface area contributed by atoms with Gasteiger partial charge in [0.05, 0.1) is 5.97 Å². The summed E-state index contributed by atoms with van der Waals surface area (Å²) >= 11 is 0. The van der Waals surface area contributed by atoms with Crippen LogP contribution in [-0.2, 0) is 19.2 Å². The maximum atomic E-state index is 10.5. The molecule has 0 unspecified atom stereocenters. The van der Waals surface area contributed by atoms with E-state index in [0.717, 1.165) is 0 Å². The minimum Gasteiger partial charge on any atom is -1.00 e. The Morgan fingerprint density at radius 1 is 0.800 bits per heavy atom. The van der Waals surface area contributed by atoms with Crippen molar-refractivity contribution >= 4 is 23.9 Å². The van der Waals surface area contributed by atoms with Gasteiger partial charge in [-0.1, -0.05) is 0 Å². The number of hydrogen-bond acceptors (Lipinski definition) is 6. The van der Waals surface area contributed by atoms with Crippen LogP contribution in [0.5, 0.6) is 0 Å². The van der Waals surface area contributed by atoms with E-state index < -0.39 is 54.5 Å². The Morgan fingerprint density at radius 2 is 1.05 bits per heavy atom. The Kier molecular flexibility index (Phi) is 17.6. The molecule has 0 saturated heterocycles. The number of aliphatic carboxylic acids is 4. The first-order valence-corrected chi connectivity index (χ1v) is 4.37. The van der Waals surface area contributed by atoms with Gasteiger partial charge in [0.25, 0.3) is 0 Å². The molecule has 0 saturated carbocycles. The van der Waals surface area contributed by atoms with E-state index in [1.54, 1.807) is 0 Å². The van der Waals surface area contributed by atoms with E-state index in [9.17, 15) is 24.3 Å². The number of carbonyl (C=O) groups excluding carboxylic acids is 1. The quantitative estimate of drug-likeness (QED) is 0.249. The first-order valence-electron chi connectivity index (χ1n) is 4.37. The molecule has 6 N–H and O–H groups in total. The van der Waals surface area contributed by atoms with E-state index >= 15 is 0 Å². The van der Waals surface area contributed by atoms with Gasteiger partial charge in [0, 0.05) is 0 Å². The molecule has 0 rings (SSSR count). The molecule has 0 aromatic rings. The average Bonchev–Trinajstić information content (AvgIpc) is 1.95. The van der Waals surface area contributed by atoms with Crippen molar-refractivity contribution in [3.05, 3.63) is 0 Å². The van der Waals surface area contributed by atoms with Gasteiger partial charge in [0.2, 0.25) is 0 Å². The van der Waals surface area contributed by atoms with Gasteiger partial charge in [0.1, 0.15) is 6.54 Å². The summed E-state index contributed by atoms with van der Waals surface area (Å²) in [7, 11) is 0. The summed E-state index contributed by atoms with van der Waals surface area (Å²) in [5.74, 6) is -6.19. The minimum atomic E-state index is -1.71. The summed E-state index contributed by atoms with van der Waals surface area (Å²) in [6, 6.07) is 0. The average molecular weight is 314 g/mol. The van der Waals surface area contributed by atoms with E-state index in [-0.39, 0.29) is 68.1 Å². The van der Waals surface area contributed by atoms with Crippen LogP contribution < -0.4 is 70.4 Å². The zero-order valence-corrected chi connectivity index (χ0v) is 15.4. The molecule has 0 atom stereocenters. The van der Waals surface area contributed by atoms with Gasteiger partial charge < -0.3 is 34.2 Å². The van der Waals surface area contributed by atoms with Gasteiger partial charge >= 0.3 is 77.0 Å². The van der Waals surface area contributed by atoms with Crippen molar-refractivity contribution in [2.45, 2.75) is 0 Å². The molecule has 0 aliphatic heterocycles. The van der Waals surface area contributed by atoms with E-state index in [0.29, 0.717) is 0 Å².